The van der Waals surface area contributed by atoms with Crippen LogP contribution in [0.3, 0.4) is 0 Å². The average Bonchev–Trinajstić information content (AvgIpc) is 3.14. The Hall–Kier alpha value is -1.79. The number of rotatable bonds is 6. The Labute approximate surface area is 173 Å². The zero-order chi connectivity index (χ0) is 20.3. The largest absolute Gasteiger partial charge is 0.497 e. The molecule has 1 saturated carbocycles. The molecule has 1 unspecified atom stereocenters. The van der Waals surface area contributed by atoms with E-state index in [1.165, 1.54) is 0 Å². The number of carbonyl (C=O) groups is 1. The summed E-state index contributed by atoms with van der Waals surface area (Å²) in [5, 5.41) is 9.83. The number of aliphatic hydroxyl groups excluding tert-OH is 1. The van der Waals surface area contributed by atoms with E-state index in [0.29, 0.717) is 18.6 Å². The number of piperidine rings is 1. The molecule has 0 radical (unpaired) electrons. The number of amides is 1. The maximum atomic E-state index is 13.6. The van der Waals surface area contributed by atoms with E-state index in [2.05, 4.69) is 9.80 Å². The first-order valence-electron chi connectivity index (χ1n) is 11.1. The fourth-order valence-corrected chi connectivity index (χ4v) is 5.49. The standard InChI is InChI=1S/C23H34N2O4/c1-28-20-5-2-6-21(17-20)29-16-15-24-13-3-11-23(24)12-4-14-25(22(23)27)18-7-9-19(26)10-8-18/h2,5-6,17-19,26H,3-4,7-16H2,1H3. The van der Waals surface area contributed by atoms with Crippen LogP contribution in [0.4, 0.5) is 0 Å². The molecule has 1 amide bonds. The second-order valence-electron chi connectivity index (χ2n) is 8.71. The summed E-state index contributed by atoms with van der Waals surface area (Å²) in [4.78, 5) is 18.1. The van der Waals surface area contributed by atoms with Gasteiger partial charge in [0.1, 0.15) is 23.6 Å². The molecule has 1 aromatic rings. The zero-order valence-corrected chi connectivity index (χ0v) is 17.5. The van der Waals surface area contributed by atoms with Crippen LogP contribution in [0.15, 0.2) is 24.3 Å². The number of hydrogen-bond donors (Lipinski definition) is 1. The third kappa shape index (κ3) is 4.24. The molecule has 1 aromatic carbocycles. The van der Waals surface area contributed by atoms with E-state index < -0.39 is 0 Å². The van der Waals surface area contributed by atoms with Gasteiger partial charge in [-0.1, -0.05) is 6.07 Å². The molecule has 0 aromatic heterocycles. The average molecular weight is 403 g/mol. The van der Waals surface area contributed by atoms with Crippen molar-refractivity contribution in [2.75, 3.05) is 33.4 Å². The number of nitrogens with zero attached hydrogens (tertiary/aromatic N) is 2. The summed E-state index contributed by atoms with van der Waals surface area (Å²) in [5.41, 5.74) is -0.341. The van der Waals surface area contributed by atoms with Crippen LogP contribution >= 0.6 is 0 Å². The quantitative estimate of drug-likeness (QED) is 0.793. The van der Waals surface area contributed by atoms with Gasteiger partial charge < -0.3 is 19.5 Å². The smallest absolute Gasteiger partial charge is 0.243 e. The van der Waals surface area contributed by atoms with Gasteiger partial charge in [0.05, 0.1) is 13.2 Å². The molecule has 6 heteroatoms. The van der Waals surface area contributed by atoms with E-state index in [4.69, 9.17) is 9.47 Å². The van der Waals surface area contributed by atoms with Gasteiger partial charge in [0.25, 0.3) is 0 Å². The van der Waals surface area contributed by atoms with E-state index >= 15 is 0 Å². The summed E-state index contributed by atoms with van der Waals surface area (Å²) < 4.78 is 11.2. The Morgan fingerprint density at radius 1 is 1.10 bits per heavy atom. The van der Waals surface area contributed by atoms with Crippen molar-refractivity contribution in [2.24, 2.45) is 0 Å². The van der Waals surface area contributed by atoms with Crippen molar-refractivity contribution in [3.05, 3.63) is 24.3 Å². The molecule has 4 rings (SSSR count). The fraction of sp³-hybridized carbons (Fsp3) is 0.696. The first-order valence-corrected chi connectivity index (χ1v) is 11.1. The van der Waals surface area contributed by atoms with Crippen LogP contribution in [0.1, 0.15) is 51.4 Å². The predicted molar refractivity (Wildman–Crippen MR) is 111 cm³/mol. The summed E-state index contributed by atoms with van der Waals surface area (Å²) >= 11 is 0. The predicted octanol–water partition coefficient (Wildman–Crippen LogP) is 2.83. The Morgan fingerprint density at radius 3 is 2.59 bits per heavy atom. The fourth-order valence-electron chi connectivity index (χ4n) is 5.49. The van der Waals surface area contributed by atoms with Crippen molar-refractivity contribution in [2.45, 2.75) is 69.1 Å². The van der Waals surface area contributed by atoms with Gasteiger partial charge in [0.2, 0.25) is 5.91 Å². The monoisotopic (exact) mass is 402 g/mol. The highest BCUT2D eigenvalue weighted by atomic mass is 16.5. The minimum atomic E-state index is -0.341. The highest BCUT2D eigenvalue weighted by molar-refractivity contribution is 5.87. The van der Waals surface area contributed by atoms with Gasteiger partial charge in [-0.05, 0) is 70.0 Å². The summed E-state index contributed by atoms with van der Waals surface area (Å²) in [5.74, 6) is 1.91. The van der Waals surface area contributed by atoms with Crippen molar-refractivity contribution >= 4 is 5.91 Å². The van der Waals surface area contributed by atoms with E-state index in [1.807, 2.05) is 24.3 Å². The molecule has 2 aliphatic heterocycles. The molecule has 160 valence electrons. The normalized spacial score (nSPS) is 30.7. The number of carbonyl (C=O) groups excluding carboxylic acids is 1. The summed E-state index contributed by atoms with van der Waals surface area (Å²) in [7, 11) is 1.65. The number of ether oxygens (including phenoxy) is 2. The van der Waals surface area contributed by atoms with E-state index in [1.54, 1.807) is 7.11 Å². The molecule has 0 bridgehead atoms. The SMILES string of the molecule is COc1cccc(OCCN2CCCC23CCCN(C2CCC(O)CC2)C3=O)c1. The molecule has 1 atom stereocenters. The lowest BCUT2D eigenvalue weighted by Gasteiger charge is -2.48. The molecule has 6 nitrogen and oxygen atoms in total. The number of likely N-dealkylation sites (tertiary alicyclic amines) is 2. The Morgan fingerprint density at radius 2 is 1.83 bits per heavy atom. The van der Waals surface area contributed by atoms with Gasteiger partial charge in [-0.3, -0.25) is 9.69 Å². The maximum Gasteiger partial charge on any atom is 0.243 e. The lowest BCUT2D eigenvalue weighted by molar-refractivity contribution is -0.151. The van der Waals surface area contributed by atoms with Crippen LogP contribution in [0.2, 0.25) is 0 Å². The molecule has 3 fully saturated rings. The van der Waals surface area contributed by atoms with Gasteiger partial charge in [0, 0.05) is 25.2 Å². The maximum absolute atomic E-state index is 13.6. The number of aliphatic hydroxyl groups is 1. The second-order valence-corrected chi connectivity index (χ2v) is 8.71. The Balaban J connectivity index is 1.38. The van der Waals surface area contributed by atoms with Gasteiger partial charge in [-0.15, -0.1) is 0 Å². The molecular formula is C23H34N2O4. The van der Waals surface area contributed by atoms with Crippen LogP contribution in [0.5, 0.6) is 11.5 Å². The Kier molecular flexibility index (Phi) is 6.30. The highest BCUT2D eigenvalue weighted by Gasteiger charge is 2.51. The lowest BCUT2D eigenvalue weighted by atomic mass is 9.82. The van der Waals surface area contributed by atoms with Crippen molar-refractivity contribution in [3.8, 4) is 11.5 Å². The third-order valence-corrected chi connectivity index (χ3v) is 7.05. The molecular weight excluding hydrogens is 368 g/mol. The topological polar surface area (TPSA) is 62.2 Å². The summed E-state index contributed by atoms with van der Waals surface area (Å²) in [6, 6.07) is 7.97. The molecule has 3 aliphatic rings. The molecule has 1 spiro atoms. The first kappa shape index (κ1) is 20.5. The lowest BCUT2D eigenvalue weighted by Crippen LogP contribution is -2.62. The van der Waals surface area contributed by atoms with Crippen molar-refractivity contribution in [1.82, 2.24) is 9.80 Å². The van der Waals surface area contributed by atoms with Crippen molar-refractivity contribution in [3.63, 3.8) is 0 Å². The molecule has 1 N–H and O–H groups in total. The zero-order valence-electron chi connectivity index (χ0n) is 17.5. The van der Waals surface area contributed by atoms with Crippen LogP contribution in [0, 0.1) is 0 Å². The molecule has 29 heavy (non-hydrogen) atoms. The number of methoxy groups -OCH3 is 1. The van der Waals surface area contributed by atoms with Gasteiger partial charge in [-0.25, -0.2) is 0 Å². The van der Waals surface area contributed by atoms with Gasteiger partial charge in [-0.2, -0.15) is 0 Å². The first-order chi connectivity index (χ1) is 14.1. The van der Waals surface area contributed by atoms with Crippen LogP contribution in [-0.4, -0.2) is 71.8 Å². The molecule has 1 aliphatic carbocycles. The number of hydrogen-bond acceptors (Lipinski definition) is 5. The number of benzene rings is 1. The minimum absolute atomic E-state index is 0.183. The van der Waals surface area contributed by atoms with Crippen LogP contribution in [-0.2, 0) is 4.79 Å². The second kappa shape index (κ2) is 8.92. The van der Waals surface area contributed by atoms with Crippen molar-refractivity contribution in [1.29, 1.82) is 0 Å². The van der Waals surface area contributed by atoms with Gasteiger partial charge in [0.15, 0.2) is 0 Å². The van der Waals surface area contributed by atoms with Crippen LogP contribution in [0.25, 0.3) is 0 Å². The summed E-state index contributed by atoms with van der Waals surface area (Å²) in [6.07, 6.45) is 7.37. The van der Waals surface area contributed by atoms with E-state index in [0.717, 1.165) is 82.5 Å². The Bertz CT molecular complexity index is 704. The van der Waals surface area contributed by atoms with E-state index in [9.17, 15) is 9.90 Å². The van der Waals surface area contributed by atoms with Gasteiger partial charge >= 0.3 is 0 Å². The van der Waals surface area contributed by atoms with Crippen molar-refractivity contribution < 1.29 is 19.4 Å². The highest BCUT2D eigenvalue weighted by Crippen LogP contribution is 2.40. The van der Waals surface area contributed by atoms with E-state index in [-0.39, 0.29) is 11.6 Å². The summed E-state index contributed by atoms with van der Waals surface area (Å²) in [6.45, 7) is 3.16. The molecule has 2 saturated heterocycles. The molecule has 2 heterocycles. The minimum Gasteiger partial charge on any atom is -0.497 e. The third-order valence-electron chi connectivity index (χ3n) is 7.05. The van der Waals surface area contributed by atoms with Crippen LogP contribution < -0.4 is 9.47 Å².